The minimum Gasteiger partial charge on any atom is -0.496 e. The lowest BCUT2D eigenvalue weighted by Gasteiger charge is -2.07. The summed E-state index contributed by atoms with van der Waals surface area (Å²) in [6, 6.07) is 14.0. The number of hydrogen-bond acceptors (Lipinski definition) is 8. The van der Waals surface area contributed by atoms with Crippen molar-refractivity contribution in [1.29, 1.82) is 0 Å². The average Bonchev–Trinajstić information content (AvgIpc) is 3.23. The molecule has 0 radical (unpaired) electrons. The maximum Gasteiger partial charge on any atom is 0.358 e. The van der Waals surface area contributed by atoms with Gasteiger partial charge in [-0.2, -0.15) is 0 Å². The van der Waals surface area contributed by atoms with Gasteiger partial charge in [0.05, 0.1) is 36.3 Å². The van der Waals surface area contributed by atoms with Crippen molar-refractivity contribution in [3.8, 4) is 16.2 Å². The predicted octanol–water partition coefficient (Wildman–Crippen LogP) is 2.95. The first-order valence-electron chi connectivity index (χ1n) is 9.48. The number of benzene rings is 2. The number of aromatic nitrogens is 3. The largest absolute Gasteiger partial charge is 0.496 e. The number of rotatable bonds is 6. The van der Waals surface area contributed by atoms with Crippen LogP contribution in [-0.2, 0) is 16.1 Å². The fraction of sp³-hybridized carbons (Fsp3) is 0.136. The van der Waals surface area contributed by atoms with Crippen molar-refractivity contribution < 1.29 is 19.1 Å². The van der Waals surface area contributed by atoms with E-state index < -0.39 is 11.9 Å². The highest BCUT2D eigenvalue weighted by atomic mass is 32.1. The number of fused-ring (bicyclic) bond motifs is 1. The molecular formula is C22H18N4O5S. The molecule has 0 spiro atoms. The summed E-state index contributed by atoms with van der Waals surface area (Å²) in [5.74, 6) is -0.577. The van der Waals surface area contributed by atoms with Gasteiger partial charge in [-0.05, 0) is 24.3 Å². The summed E-state index contributed by atoms with van der Waals surface area (Å²) in [5, 5.41) is 3.26. The van der Waals surface area contributed by atoms with Gasteiger partial charge in [-0.25, -0.2) is 14.8 Å². The summed E-state index contributed by atoms with van der Waals surface area (Å²) in [6.45, 7) is -0.256. The topological polar surface area (TPSA) is 112 Å². The Kier molecular flexibility index (Phi) is 5.95. The zero-order chi connectivity index (χ0) is 22.7. The van der Waals surface area contributed by atoms with E-state index in [2.05, 4.69) is 15.3 Å². The number of methoxy groups -OCH3 is 2. The molecule has 162 valence electrons. The zero-order valence-corrected chi connectivity index (χ0v) is 18.0. The number of ether oxygens (including phenoxy) is 2. The second-order valence-electron chi connectivity index (χ2n) is 6.63. The molecule has 2 aromatic heterocycles. The zero-order valence-electron chi connectivity index (χ0n) is 17.2. The first-order chi connectivity index (χ1) is 15.5. The molecule has 10 heteroatoms. The molecule has 4 rings (SSSR count). The summed E-state index contributed by atoms with van der Waals surface area (Å²) in [6.07, 6.45) is 1.33. The summed E-state index contributed by atoms with van der Waals surface area (Å²) in [4.78, 5) is 46.5. The molecule has 2 aromatic carbocycles. The highest BCUT2D eigenvalue weighted by Crippen LogP contribution is 2.38. The lowest BCUT2D eigenvalue weighted by Crippen LogP contribution is -2.27. The van der Waals surface area contributed by atoms with E-state index in [4.69, 9.17) is 9.47 Å². The molecule has 9 nitrogen and oxygen atoms in total. The van der Waals surface area contributed by atoms with E-state index in [1.54, 1.807) is 48.5 Å². The predicted molar refractivity (Wildman–Crippen MR) is 120 cm³/mol. The van der Waals surface area contributed by atoms with Gasteiger partial charge in [0.1, 0.15) is 12.3 Å². The van der Waals surface area contributed by atoms with Crippen LogP contribution in [0.5, 0.6) is 5.75 Å². The number of thiazole rings is 1. The molecule has 4 aromatic rings. The van der Waals surface area contributed by atoms with E-state index >= 15 is 0 Å². The van der Waals surface area contributed by atoms with Crippen molar-refractivity contribution in [3.63, 3.8) is 0 Å². The van der Waals surface area contributed by atoms with Crippen LogP contribution in [0.1, 0.15) is 10.5 Å². The fourth-order valence-corrected chi connectivity index (χ4v) is 4.16. The Labute approximate surface area is 186 Å². The molecule has 0 unspecified atom stereocenters. The molecule has 2 heterocycles. The van der Waals surface area contributed by atoms with Crippen LogP contribution in [0.2, 0.25) is 0 Å². The smallest absolute Gasteiger partial charge is 0.358 e. The molecule has 0 saturated heterocycles. The molecule has 0 atom stereocenters. The number of nitrogens with zero attached hydrogens (tertiary/aromatic N) is 3. The van der Waals surface area contributed by atoms with Crippen LogP contribution in [-0.4, -0.2) is 40.6 Å². The van der Waals surface area contributed by atoms with Gasteiger partial charge in [0.15, 0.2) is 10.8 Å². The van der Waals surface area contributed by atoms with Crippen molar-refractivity contribution in [3.05, 3.63) is 70.9 Å². The van der Waals surface area contributed by atoms with Gasteiger partial charge in [0.2, 0.25) is 5.91 Å². The van der Waals surface area contributed by atoms with E-state index in [1.807, 2.05) is 0 Å². The van der Waals surface area contributed by atoms with Gasteiger partial charge >= 0.3 is 5.97 Å². The van der Waals surface area contributed by atoms with Crippen molar-refractivity contribution in [2.75, 3.05) is 19.5 Å². The molecule has 0 saturated carbocycles. The van der Waals surface area contributed by atoms with Gasteiger partial charge in [0, 0.05) is 5.56 Å². The number of carbonyl (C=O) groups is 2. The van der Waals surface area contributed by atoms with Crippen molar-refractivity contribution in [2.24, 2.45) is 0 Å². The first kappa shape index (κ1) is 21.2. The van der Waals surface area contributed by atoms with Gasteiger partial charge in [-0.1, -0.05) is 35.6 Å². The Morgan fingerprint density at radius 1 is 1.09 bits per heavy atom. The van der Waals surface area contributed by atoms with E-state index in [0.29, 0.717) is 27.1 Å². The van der Waals surface area contributed by atoms with Crippen LogP contribution in [0.4, 0.5) is 5.13 Å². The molecule has 1 N–H and O–H groups in total. The minimum absolute atomic E-state index is 0.0573. The quantitative estimate of drug-likeness (QED) is 0.450. The molecule has 0 bridgehead atoms. The Bertz CT molecular complexity index is 1380. The number of amides is 1. The SMILES string of the molecule is COC(=O)c1nc(NC(=O)Cn2cnc3ccccc3c2=O)sc1-c1ccccc1OC. The molecule has 0 fully saturated rings. The number of para-hydroxylation sites is 2. The Morgan fingerprint density at radius 2 is 1.84 bits per heavy atom. The molecule has 0 aliphatic carbocycles. The third-order valence-electron chi connectivity index (χ3n) is 4.65. The Hall–Kier alpha value is -4.05. The number of hydrogen-bond donors (Lipinski definition) is 1. The molecule has 0 aliphatic rings. The van der Waals surface area contributed by atoms with E-state index in [0.717, 1.165) is 11.3 Å². The summed E-state index contributed by atoms with van der Waals surface area (Å²) in [5.41, 5.74) is 0.929. The van der Waals surface area contributed by atoms with Crippen LogP contribution < -0.4 is 15.6 Å². The number of esters is 1. The van der Waals surface area contributed by atoms with Gasteiger partial charge in [-0.15, -0.1) is 0 Å². The minimum atomic E-state index is -0.641. The highest BCUT2D eigenvalue weighted by molar-refractivity contribution is 7.19. The van der Waals surface area contributed by atoms with Crippen molar-refractivity contribution in [1.82, 2.24) is 14.5 Å². The van der Waals surface area contributed by atoms with E-state index in [1.165, 1.54) is 25.1 Å². The number of carbonyl (C=O) groups excluding carboxylic acids is 2. The number of nitrogens with one attached hydrogen (secondary N) is 1. The van der Waals surface area contributed by atoms with Crippen LogP contribution in [0, 0.1) is 0 Å². The van der Waals surface area contributed by atoms with Gasteiger partial charge in [0.25, 0.3) is 5.56 Å². The fourth-order valence-electron chi connectivity index (χ4n) is 3.16. The number of anilines is 1. The molecule has 32 heavy (non-hydrogen) atoms. The normalized spacial score (nSPS) is 10.7. The van der Waals surface area contributed by atoms with Crippen LogP contribution in [0.15, 0.2) is 59.7 Å². The standard InChI is InChI=1S/C22H18N4O5S/c1-30-16-10-6-4-8-14(16)19-18(21(29)31-2)25-22(32-19)24-17(27)11-26-12-23-15-9-5-3-7-13(15)20(26)28/h3-10,12H,11H2,1-2H3,(H,24,25,27). The van der Waals surface area contributed by atoms with Crippen LogP contribution >= 0.6 is 11.3 Å². The van der Waals surface area contributed by atoms with Gasteiger partial charge < -0.3 is 14.8 Å². The lowest BCUT2D eigenvalue weighted by atomic mass is 10.1. The summed E-state index contributed by atoms with van der Waals surface area (Å²) >= 11 is 1.10. The second-order valence-corrected chi connectivity index (χ2v) is 7.63. The monoisotopic (exact) mass is 450 g/mol. The summed E-state index contributed by atoms with van der Waals surface area (Å²) in [7, 11) is 2.78. The maximum absolute atomic E-state index is 12.6. The molecule has 1 amide bonds. The third-order valence-corrected chi connectivity index (χ3v) is 5.65. The van der Waals surface area contributed by atoms with Crippen molar-refractivity contribution in [2.45, 2.75) is 6.54 Å². The average molecular weight is 450 g/mol. The van der Waals surface area contributed by atoms with E-state index in [9.17, 15) is 14.4 Å². The summed E-state index contributed by atoms with van der Waals surface area (Å²) < 4.78 is 11.4. The van der Waals surface area contributed by atoms with Crippen molar-refractivity contribution >= 4 is 39.2 Å². The molecular weight excluding hydrogens is 432 g/mol. The third kappa shape index (κ3) is 4.08. The second kappa shape index (κ2) is 8.98. The van der Waals surface area contributed by atoms with E-state index in [-0.39, 0.29) is 22.9 Å². The molecule has 0 aliphatic heterocycles. The van der Waals surface area contributed by atoms with Crippen LogP contribution in [0.25, 0.3) is 21.3 Å². The maximum atomic E-state index is 12.6. The van der Waals surface area contributed by atoms with Crippen LogP contribution in [0.3, 0.4) is 0 Å². The Balaban J connectivity index is 1.63. The first-order valence-corrected chi connectivity index (χ1v) is 10.3. The highest BCUT2D eigenvalue weighted by Gasteiger charge is 2.23. The lowest BCUT2D eigenvalue weighted by molar-refractivity contribution is -0.116. The van der Waals surface area contributed by atoms with Gasteiger partial charge in [-0.3, -0.25) is 14.2 Å². The Morgan fingerprint density at radius 3 is 2.62 bits per heavy atom.